The molecule has 198 valence electrons. The lowest BCUT2D eigenvalue weighted by Crippen LogP contribution is -2.22. The van der Waals surface area contributed by atoms with E-state index in [1.54, 1.807) is 65.6 Å². The third-order valence-electron chi connectivity index (χ3n) is 5.95. The second kappa shape index (κ2) is 11.0. The van der Waals surface area contributed by atoms with Gasteiger partial charge in [-0.05, 0) is 55.3 Å². The van der Waals surface area contributed by atoms with Crippen LogP contribution in [0.25, 0.3) is 5.69 Å². The molecule has 0 unspecified atom stereocenters. The number of ether oxygens (including phenoxy) is 1. The highest BCUT2D eigenvalue weighted by atomic mass is 16.5. The molecule has 2 aromatic heterocycles. The molecule has 2 aromatic carbocycles. The van der Waals surface area contributed by atoms with E-state index in [2.05, 4.69) is 31.2 Å². The van der Waals surface area contributed by atoms with Crippen molar-refractivity contribution >= 4 is 40.6 Å². The number of amides is 3. The molecule has 0 saturated heterocycles. The first-order chi connectivity index (χ1) is 20.1. The summed E-state index contributed by atoms with van der Waals surface area (Å²) in [5, 5.41) is 22.3. The Morgan fingerprint density at radius 3 is 2.51 bits per heavy atom. The molecule has 2 heterocycles. The van der Waals surface area contributed by atoms with E-state index < -0.39 is 18.8 Å². The van der Waals surface area contributed by atoms with E-state index in [4.69, 9.17) is 8.85 Å². The fraction of sp³-hybridized carbons (Fsp3) is 0.185. The Hall–Kier alpha value is -5.26. The minimum Gasteiger partial charge on any atom is -0.494 e. The van der Waals surface area contributed by atoms with Crippen molar-refractivity contribution in [2.75, 3.05) is 30.0 Å². The number of hydrogen-bond donors (Lipinski definition) is 4. The lowest BCUT2D eigenvalue weighted by Gasteiger charge is -2.17. The molecule has 0 spiro atoms. The fourth-order valence-electron chi connectivity index (χ4n) is 3.85. The summed E-state index contributed by atoms with van der Waals surface area (Å²) in [6.07, 6.45) is 5.00. The second-order valence-electron chi connectivity index (χ2n) is 8.67. The van der Waals surface area contributed by atoms with Gasteiger partial charge >= 0.3 is 0 Å². The summed E-state index contributed by atoms with van der Waals surface area (Å²) in [6.45, 7) is -2.78. The highest BCUT2D eigenvalue weighted by Crippen LogP contribution is 2.34. The van der Waals surface area contributed by atoms with Crippen molar-refractivity contribution in [3.8, 4) is 11.4 Å². The van der Waals surface area contributed by atoms with Crippen LogP contribution in [0.1, 0.15) is 37.8 Å². The van der Waals surface area contributed by atoms with E-state index >= 15 is 0 Å². The average Bonchev–Trinajstić information content (AvgIpc) is 3.66. The first kappa shape index (κ1) is 21.8. The Labute approximate surface area is 228 Å². The van der Waals surface area contributed by atoms with Crippen molar-refractivity contribution in [2.45, 2.75) is 12.8 Å². The number of hydrogen-bond acceptors (Lipinski definition) is 8. The standard InChI is InChI=1S/C27H26N8O4/c1-28-27(38)23-21(15-22(33-34-23)32-25(36)16-7-8-16)31-20-6-3-5-19(24(20)39-2)26(37)30-17-9-11-18(12-10-17)35-14-4-13-29-35/h3-6,9-16H,7-8H2,1-2H3,(H,28,38)(H,30,37)(H2,31,32,33,36)/i1D3. The van der Waals surface area contributed by atoms with Crippen LogP contribution in [-0.4, -0.2) is 51.8 Å². The quantitative estimate of drug-likeness (QED) is 0.258. The van der Waals surface area contributed by atoms with Gasteiger partial charge in [-0.3, -0.25) is 14.4 Å². The van der Waals surface area contributed by atoms with Crippen LogP contribution in [0, 0.1) is 5.92 Å². The van der Waals surface area contributed by atoms with Gasteiger partial charge in [0.25, 0.3) is 11.8 Å². The van der Waals surface area contributed by atoms with Crippen LogP contribution < -0.4 is 26.0 Å². The Morgan fingerprint density at radius 2 is 1.82 bits per heavy atom. The summed E-state index contributed by atoms with van der Waals surface area (Å²) < 4.78 is 29.4. The SMILES string of the molecule is [2H]C([2H])([2H])NC(=O)c1nnc(NC(=O)C2CC2)cc1Nc1cccc(C(=O)Nc2ccc(-n3cccn3)cc2)c1OC. The van der Waals surface area contributed by atoms with Crippen LogP contribution in [-0.2, 0) is 4.79 Å². The lowest BCUT2D eigenvalue weighted by atomic mass is 10.1. The van der Waals surface area contributed by atoms with Crippen molar-refractivity contribution in [2.24, 2.45) is 5.92 Å². The topological polar surface area (TPSA) is 152 Å². The maximum absolute atomic E-state index is 13.3. The van der Waals surface area contributed by atoms with E-state index in [-0.39, 0.29) is 46.0 Å². The molecule has 12 nitrogen and oxygen atoms in total. The van der Waals surface area contributed by atoms with E-state index in [9.17, 15) is 14.4 Å². The van der Waals surface area contributed by atoms with Gasteiger partial charge < -0.3 is 26.0 Å². The number of carbonyl (C=O) groups is 3. The molecule has 4 aromatic rings. The zero-order valence-electron chi connectivity index (χ0n) is 23.8. The molecule has 0 radical (unpaired) electrons. The first-order valence-corrected chi connectivity index (χ1v) is 12.0. The highest BCUT2D eigenvalue weighted by Gasteiger charge is 2.30. The molecular formula is C27H26N8O4. The zero-order chi connectivity index (χ0) is 29.9. The summed E-state index contributed by atoms with van der Waals surface area (Å²) in [4.78, 5) is 38.3. The van der Waals surface area contributed by atoms with E-state index in [0.29, 0.717) is 5.69 Å². The normalized spacial score (nSPS) is 13.8. The molecule has 4 N–H and O–H groups in total. The Balaban J connectivity index is 1.41. The van der Waals surface area contributed by atoms with Gasteiger partial charge in [-0.15, -0.1) is 10.2 Å². The molecule has 0 bridgehead atoms. The van der Waals surface area contributed by atoms with Crippen molar-refractivity contribution in [1.82, 2.24) is 25.3 Å². The van der Waals surface area contributed by atoms with Crippen LogP contribution in [0.2, 0.25) is 0 Å². The summed E-state index contributed by atoms with van der Waals surface area (Å²) >= 11 is 0. The van der Waals surface area contributed by atoms with E-state index in [1.807, 2.05) is 5.32 Å². The number of methoxy groups -OCH3 is 1. The number of nitrogens with one attached hydrogen (secondary N) is 4. The summed E-state index contributed by atoms with van der Waals surface area (Å²) in [6, 6.07) is 15.0. The Kier molecular flexibility index (Phi) is 6.15. The number of aromatic nitrogens is 4. The lowest BCUT2D eigenvalue weighted by molar-refractivity contribution is -0.117. The van der Waals surface area contributed by atoms with Gasteiger partial charge in [0, 0.05) is 41.2 Å². The predicted octanol–water partition coefficient (Wildman–Crippen LogP) is 3.37. The predicted molar refractivity (Wildman–Crippen MR) is 145 cm³/mol. The number of benzene rings is 2. The maximum atomic E-state index is 13.3. The molecule has 5 rings (SSSR count). The summed E-state index contributed by atoms with van der Waals surface area (Å²) in [5.74, 6) is -1.62. The first-order valence-electron chi connectivity index (χ1n) is 13.5. The monoisotopic (exact) mass is 529 g/mol. The maximum Gasteiger partial charge on any atom is 0.273 e. The number of anilines is 4. The van der Waals surface area contributed by atoms with Gasteiger partial charge in [-0.2, -0.15) is 5.10 Å². The van der Waals surface area contributed by atoms with Crippen molar-refractivity contribution in [1.29, 1.82) is 0 Å². The van der Waals surface area contributed by atoms with Crippen molar-refractivity contribution in [3.05, 3.63) is 78.2 Å². The van der Waals surface area contributed by atoms with Gasteiger partial charge in [-0.1, -0.05) is 6.07 Å². The number of para-hydroxylation sites is 1. The van der Waals surface area contributed by atoms with Crippen LogP contribution in [0.4, 0.5) is 22.9 Å². The molecule has 12 heteroatoms. The smallest absolute Gasteiger partial charge is 0.273 e. The van der Waals surface area contributed by atoms with Crippen LogP contribution in [0.15, 0.2) is 67.0 Å². The molecule has 0 atom stereocenters. The van der Waals surface area contributed by atoms with Crippen LogP contribution in [0.3, 0.4) is 0 Å². The Bertz CT molecular complexity index is 1620. The fourth-order valence-corrected chi connectivity index (χ4v) is 3.85. The minimum absolute atomic E-state index is 0.0305. The third kappa shape index (κ3) is 5.69. The molecule has 1 saturated carbocycles. The third-order valence-corrected chi connectivity index (χ3v) is 5.95. The molecule has 1 fully saturated rings. The molecular weight excluding hydrogens is 500 g/mol. The molecule has 3 amide bonds. The van der Waals surface area contributed by atoms with Gasteiger partial charge in [0.05, 0.1) is 29.7 Å². The summed E-state index contributed by atoms with van der Waals surface area (Å²) in [7, 11) is 1.38. The second-order valence-corrected chi connectivity index (χ2v) is 8.67. The summed E-state index contributed by atoms with van der Waals surface area (Å²) in [5.41, 5.74) is 1.49. The van der Waals surface area contributed by atoms with Crippen molar-refractivity contribution < 1.29 is 23.2 Å². The van der Waals surface area contributed by atoms with Crippen molar-refractivity contribution in [3.63, 3.8) is 0 Å². The van der Waals surface area contributed by atoms with Crippen LogP contribution >= 0.6 is 0 Å². The number of nitrogens with zero attached hydrogens (tertiary/aromatic N) is 4. The van der Waals surface area contributed by atoms with Crippen LogP contribution in [0.5, 0.6) is 5.75 Å². The van der Waals surface area contributed by atoms with E-state index in [1.165, 1.54) is 13.2 Å². The van der Waals surface area contributed by atoms with E-state index in [0.717, 1.165) is 18.5 Å². The average molecular weight is 530 g/mol. The number of rotatable bonds is 9. The Morgan fingerprint density at radius 1 is 1.00 bits per heavy atom. The van der Waals surface area contributed by atoms with Gasteiger partial charge in [0.1, 0.15) is 0 Å². The molecule has 1 aliphatic rings. The largest absolute Gasteiger partial charge is 0.494 e. The molecule has 0 aliphatic heterocycles. The minimum atomic E-state index is -2.78. The molecule has 39 heavy (non-hydrogen) atoms. The highest BCUT2D eigenvalue weighted by molar-refractivity contribution is 6.08. The van der Waals surface area contributed by atoms with Gasteiger partial charge in [0.15, 0.2) is 17.3 Å². The molecule has 1 aliphatic carbocycles. The van der Waals surface area contributed by atoms with Gasteiger partial charge in [0.2, 0.25) is 5.91 Å². The zero-order valence-corrected chi connectivity index (χ0v) is 20.8. The van der Waals surface area contributed by atoms with Gasteiger partial charge in [-0.25, -0.2) is 4.68 Å². The number of carbonyl (C=O) groups excluding carboxylic acids is 3.